The number of anilines is 1. The Morgan fingerprint density at radius 2 is 1.71 bits per heavy atom. The molecule has 0 saturated heterocycles. The second-order valence-electron chi connectivity index (χ2n) is 7.04. The SMILES string of the molecule is COc1ccc(C(C)(C)c2ccc(NC(=O)c3cncc(F)c3C)cc2)cn1. The summed E-state index contributed by atoms with van der Waals surface area (Å²) in [7, 11) is 1.58. The maximum Gasteiger partial charge on any atom is 0.257 e. The van der Waals surface area contributed by atoms with E-state index in [4.69, 9.17) is 4.74 Å². The summed E-state index contributed by atoms with van der Waals surface area (Å²) < 4.78 is 18.7. The van der Waals surface area contributed by atoms with Crippen LogP contribution in [0.1, 0.15) is 40.9 Å². The number of rotatable bonds is 5. The van der Waals surface area contributed by atoms with Crippen molar-refractivity contribution in [3.63, 3.8) is 0 Å². The first-order valence-corrected chi connectivity index (χ1v) is 8.85. The number of aromatic nitrogens is 2. The molecule has 2 heterocycles. The van der Waals surface area contributed by atoms with Crippen LogP contribution in [0.15, 0.2) is 55.0 Å². The zero-order valence-electron chi connectivity index (χ0n) is 16.3. The number of amides is 1. The summed E-state index contributed by atoms with van der Waals surface area (Å²) >= 11 is 0. The second kappa shape index (κ2) is 7.76. The van der Waals surface area contributed by atoms with E-state index in [1.165, 1.54) is 6.20 Å². The van der Waals surface area contributed by atoms with Crippen molar-refractivity contribution in [1.29, 1.82) is 0 Å². The quantitative estimate of drug-likeness (QED) is 0.708. The fourth-order valence-corrected chi connectivity index (χ4v) is 2.93. The molecule has 0 radical (unpaired) electrons. The van der Waals surface area contributed by atoms with Gasteiger partial charge in [0.25, 0.3) is 5.91 Å². The molecule has 0 atom stereocenters. The van der Waals surface area contributed by atoms with Gasteiger partial charge < -0.3 is 10.1 Å². The molecule has 1 N–H and O–H groups in total. The summed E-state index contributed by atoms with van der Waals surface area (Å²) in [5.74, 6) is -0.326. The third-order valence-corrected chi connectivity index (χ3v) is 4.93. The van der Waals surface area contributed by atoms with E-state index in [2.05, 4.69) is 29.1 Å². The largest absolute Gasteiger partial charge is 0.481 e. The predicted octanol–water partition coefficient (Wildman–Crippen LogP) is 4.51. The lowest BCUT2D eigenvalue weighted by molar-refractivity contribution is 0.102. The molecule has 0 bridgehead atoms. The first-order chi connectivity index (χ1) is 13.3. The van der Waals surface area contributed by atoms with Gasteiger partial charge in [-0.05, 0) is 30.2 Å². The van der Waals surface area contributed by atoms with Crippen molar-refractivity contribution in [2.75, 3.05) is 12.4 Å². The average Bonchev–Trinajstić information content (AvgIpc) is 2.70. The minimum absolute atomic E-state index is 0.216. The van der Waals surface area contributed by atoms with Crippen molar-refractivity contribution in [3.8, 4) is 5.88 Å². The Morgan fingerprint density at radius 3 is 2.32 bits per heavy atom. The molecule has 3 rings (SSSR count). The lowest BCUT2D eigenvalue weighted by Gasteiger charge is -2.26. The minimum atomic E-state index is -0.502. The van der Waals surface area contributed by atoms with E-state index in [1.807, 2.05) is 36.4 Å². The van der Waals surface area contributed by atoms with Crippen molar-refractivity contribution >= 4 is 11.6 Å². The van der Waals surface area contributed by atoms with Gasteiger partial charge in [-0.2, -0.15) is 0 Å². The Bertz CT molecular complexity index is 984. The van der Waals surface area contributed by atoms with Gasteiger partial charge in [0.2, 0.25) is 5.88 Å². The van der Waals surface area contributed by atoms with Gasteiger partial charge in [-0.3, -0.25) is 9.78 Å². The monoisotopic (exact) mass is 379 g/mol. The molecule has 0 spiro atoms. The fraction of sp³-hybridized carbons (Fsp3) is 0.227. The molecule has 5 nitrogen and oxygen atoms in total. The summed E-state index contributed by atoms with van der Waals surface area (Å²) in [4.78, 5) is 20.4. The zero-order valence-corrected chi connectivity index (χ0v) is 16.3. The Balaban J connectivity index is 1.78. The normalized spacial score (nSPS) is 11.2. The predicted molar refractivity (Wildman–Crippen MR) is 106 cm³/mol. The Labute approximate surface area is 163 Å². The molecule has 0 aliphatic heterocycles. The molecule has 6 heteroatoms. The van der Waals surface area contributed by atoms with E-state index in [-0.39, 0.29) is 16.5 Å². The number of carbonyl (C=O) groups excluding carboxylic acids is 1. The van der Waals surface area contributed by atoms with Crippen molar-refractivity contribution < 1.29 is 13.9 Å². The Kier molecular flexibility index (Phi) is 5.40. The van der Waals surface area contributed by atoms with Crippen LogP contribution >= 0.6 is 0 Å². The van der Waals surface area contributed by atoms with Crippen LogP contribution in [0.5, 0.6) is 5.88 Å². The van der Waals surface area contributed by atoms with Gasteiger partial charge in [-0.15, -0.1) is 0 Å². The van der Waals surface area contributed by atoms with E-state index in [0.29, 0.717) is 11.6 Å². The highest BCUT2D eigenvalue weighted by Gasteiger charge is 2.23. The molecule has 0 aliphatic rings. The van der Waals surface area contributed by atoms with Gasteiger partial charge in [0.1, 0.15) is 5.82 Å². The van der Waals surface area contributed by atoms with Crippen LogP contribution in [0.4, 0.5) is 10.1 Å². The number of benzene rings is 1. The number of pyridine rings is 2. The lowest BCUT2D eigenvalue weighted by atomic mass is 9.79. The van der Waals surface area contributed by atoms with Crippen molar-refractivity contribution in [1.82, 2.24) is 9.97 Å². The lowest BCUT2D eigenvalue weighted by Crippen LogP contribution is -2.19. The van der Waals surface area contributed by atoms with Gasteiger partial charge in [0.05, 0.1) is 18.9 Å². The van der Waals surface area contributed by atoms with Crippen LogP contribution in [-0.2, 0) is 5.41 Å². The highest BCUT2D eigenvalue weighted by atomic mass is 19.1. The molecule has 144 valence electrons. The molecule has 3 aromatic rings. The number of ether oxygens (including phenoxy) is 1. The van der Waals surface area contributed by atoms with Crippen LogP contribution in [-0.4, -0.2) is 23.0 Å². The number of hydrogen-bond donors (Lipinski definition) is 1. The summed E-state index contributed by atoms with van der Waals surface area (Å²) in [5, 5.41) is 2.79. The number of carbonyl (C=O) groups is 1. The molecule has 1 amide bonds. The number of methoxy groups -OCH3 is 1. The van der Waals surface area contributed by atoms with Gasteiger partial charge in [-0.1, -0.05) is 32.0 Å². The number of nitrogens with one attached hydrogen (secondary N) is 1. The van der Waals surface area contributed by atoms with Crippen LogP contribution in [0.3, 0.4) is 0 Å². The number of nitrogens with zero attached hydrogens (tertiary/aromatic N) is 2. The van der Waals surface area contributed by atoms with Gasteiger partial charge in [0, 0.05) is 35.1 Å². The molecule has 0 saturated carbocycles. The summed E-state index contributed by atoms with van der Waals surface area (Å²) in [6.45, 7) is 5.76. The van der Waals surface area contributed by atoms with Crippen LogP contribution in [0.2, 0.25) is 0 Å². The molecule has 1 aromatic carbocycles. The second-order valence-corrected chi connectivity index (χ2v) is 7.04. The third-order valence-electron chi connectivity index (χ3n) is 4.93. The molecule has 2 aromatic heterocycles. The van der Waals surface area contributed by atoms with E-state index >= 15 is 0 Å². The van der Waals surface area contributed by atoms with Crippen molar-refractivity contribution in [3.05, 3.63) is 83.1 Å². The third kappa shape index (κ3) is 3.86. The van der Waals surface area contributed by atoms with E-state index < -0.39 is 11.7 Å². The highest BCUT2D eigenvalue weighted by Crippen LogP contribution is 2.32. The topological polar surface area (TPSA) is 64.1 Å². The average molecular weight is 379 g/mol. The van der Waals surface area contributed by atoms with Gasteiger partial charge >= 0.3 is 0 Å². The molecule has 0 unspecified atom stereocenters. The number of halogens is 1. The molecule has 0 aliphatic carbocycles. The van der Waals surface area contributed by atoms with E-state index in [9.17, 15) is 9.18 Å². The maximum absolute atomic E-state index is 13.6. The zero-order chi connectivity index (χ0) is 20.3. The maximum atomic E-state index is 13.6. The van der Waals surface area contributed by atoms with Gasteiger partial charge in [0.15, 0.2) is 0 Å². The first kappa shape index (κ1) is 19.5. The standard InChI is InChI=1S/C22H22FN3O2/c1-14-18(12-24-13-19(14)23)21(27)26-17-8-5-15(6-9-17)22(2,3)16-7-10-20(28-4)25-11-16/h5-13H,1-4H3,(H,26,27). The van der Waals surface area contributed by atoms with E-state index in [0.717, 1.165) is 17.3 Å². The summed E-state index contributed by atoms with van der Waals surface area (Å²) in [6.07, 6.45) is 4.26. The molecule has 28 heavy (non-hydrogen) atoms. The fourth-order valence-electron chi connectivity index (χ4n) is 2.93. The molecule has 0 fully saturated rings. The number of hydrogen-bond acceptors (Lipinski definition) is 4. The molecular formula is C22H22FN3O2. The Hall–Kier alpha value is -3.28. The van der Waals surface area contributed by atoms with Crippen molar-refractivity contribution in [2.45, 2.75) is 26.2 Å². The summed E-state index contributed by atoms with van der Waals surface area (Å²) in [6, 6.07) is 11.4. The van der Waals surface area contributed by atoms with E-state index in [1.54, 1.807) is 20.2 Å². The Morgan fingerprint density at radius 1 is 1.04 bits per heavy atom. The van der Waals surface area contributed by atoms with Crippen LogP contribution < -0.4 is 10.1 Å². The van der Waals surface area contributed by atoms with Crippen LogP contribution in [0, 0.1) is 12.7 Å². The van der Waals surface area contributed by atoms with Gasteiger partial charge in [-0.25, -0.2) is 9.37 Å². The minimum Gasteiger partial charge on any atom is -0.481 e. The van der Waals surface area contributed by atoms with Crippen LogP contribution in [0.25, 0.3) is 0 Å². The van der Waals surface area contributed by atoms with Crippen molar-refractivity contribution in [2.24, 2.45) is 0 Å². The highest BCUT2D eigenvalue weighted by molar-refractivity contribution is 6.05. The first-order valence-electron chi connectivity index (χ1n) is 8.85. The smallest absolute Gasteiger partial charge is 0.257 e. The summed E-state index contributed by atoms with van der Waals surface area (Å²) in [5.41, 5.74) is 2.96. The molecular weight excluding hydrogens is 357 g/mol.